The zero-order valence-electron chi connectivity index (χ0n) is 11.0. The molecule has 2 aromatic carbocycles. The van der Waals surface area contributed by atoms with E-state index in [-0.39, 0.29) is 5.78 Å². The van der Waals surface area contributed by atoms with Crippen molar-refractivity contribution in [3.05, 3.63) is 75.8 Å². The fraction of sp³-hybridized carbons (Fsp3) is 0.118. The van der Waals surface area contributed by atoms with Crippen LogP contribution in [0, 0.1) is 13.8 Å². The topological polar surface area (TPSA) is 17.1 Å². The van der Waals surface area contributed by atoms with Gasteiger partial charge in [0.05, 0.1) is 0 Å². The van der Waals surface area contributed by atoms with E-state index < -0.39 is 0 Å². The summed E-state index contributed by atoms with van der Waals surface area (Å²) >= 11 is 6.04. The maximum Gasteiger partial charge on any atom is 0.185 e. The van der Waals surface area contributed by atoms with Crippen molar-refractivity contribution in [2.24, 2.45) is 0 Å². The van der Waals surface area contributed by atoms with Gasteiger partial charge in [0.2, 0.25) is 0 Å². The van der Waals surface area contributed by atoms with Gasteiger partial charge in [-0.25, -0.2) is 0 Å². The molecule has 2 heteroatoms. The lowest BCUT2D eigenvalue weighted by Gasteiger charge is -2.02. The molecule has 2 aromatic rings. The van der Waals surface area contributed by atoms with E-state index in [9.17, 15) is 4.79 Å². The van der Waals surface area contributed by atoms with Crippen LogP contribution in [0.1, 0.15) is 27.0 Å². The van der Waals surface area contributed by atoms with Crippen LogP contribution < -0.4 is 0 Å². The molecule has 0 heterocycles. The van der Waals surface area contributed by atoms with Crippen LogP contribution in [0.5, 0.6) is 0 Å². The SMILES string of the molecule is Cc1ccc(C(=O)C=Cc2ccccc2Cl)cc1C. The molecule has 0 aliphatic heterocycles. The van der Waals surface area contributed by atoms with Gasteiger partial charge >= 0.3 is 0 Å². The van der Waals surface area contributed by atoms with Gasteiger partial charge in [0.25, 0.3) is 0 Å². The Morgan fingerprint density at radius 1 is 1.05 bits per heavy atom. The summed E-state index contributed by atoms with van der Waals surface area (Å²) in [7, 11) is 0. The van der Waals surface area contributed by atoms with E-state index >= 15 is 0 Å². The van der Waals surface area contributed by atoms with Crippen molar-refractivity contribution in [1.82, 2.24) is 0 Å². The van der Waals surface area contributed by atoms with Gasteiger partial charge in [-0.3, -0.25) is 4.79 Å². The van der Waals surface area contributed by atoms with Crippen molar-refractivity contribution in [1.29, 1.82) is 0 Å². The number of rotatable bonds is 3. The molecule has 0 fully saturated rings. The number of ketones is 1. The maximum absolute atomic E-state index is 12.1. The van der Waals surface area contributed by atoms with Crippen molar-refractivity contribution in [3.63, 3.8) is 0 Å². The number of hydrogen-bond acceptors (Lipinski definition) is 1. The zero-order chi connectivity index (χ0) is 13.8. The normalized spacial score (nSPS) is 10.9. The van der Waals surface area contributed by atoms with Crippen LogP contribution in [-0.4, -0.2) is 5.78 Å². The highest BCUT2D eigenvalue weighted by Crippen LogP contribution is 2.17. The third-order valence-corrected chi connectivity index (χ3v) is 3.46. The average Bonchev–Trinajstić information content (AvgIpc) is 2.40. The summed E-state index contributed by atoms with van der Waals surface area (Å²) in [5.74, 6) is -0.0111. The van der Waals surface area contributed by atoms with Gasteiger partial charge in [-0.05, 0) is 54.8 Å². The molecule has 0 atom stereocenters. The van der Waals surface area contributed by atoms with Crippen LogP contribution in [0.3, 0.4) is 0 Å². The molecular formula is C17H15ClO. The van der Waals surface area contributed by atoms with Crippen molar-refractivity contribution in [2.75, 3.05) is 0 Å². The van der Waals surface area contributed by atoms with Crippen molar-refractivity contribution < 1.29 is 4.79 Å². The molecule has 0 aliphatic rings. The Bertz CT molecular complexity index is 641. The van der Waals surface area contributed by atoms with Crippen molar-refractivity contribution >= 4 is 23.5 Å². The van der Waals surface area contributed by atoms with Crippen molar-refractivity contribution in [3.8, 4) is 0 Å². The molecule has 2 rings (SSSR count). The summed E-state index contributed by atoms with van der Waals surface area (Å²) in [4.78, 5) is 12.1. The van der Waals surface area contributed by atoms with Gasteiger partial charge in [-0.15, -0.1) is 0 Å². The van der Waals surface area contributed by atoms with Crippen LogP contribution in [0.25, 0.3) is 6.08 Å². The minimum atomic E-state index is -0.0111. The quantitative estimate of drug-likeness (QED) is 0.575. The number of halogens is 1. The van der Waals surface area contributed by atoms with E-state index in [1.807, 2.05) is 56.3 Å². The predicted octanol–water partition coefficient (Wildman–Crippen LogP) is 4.85. The van der Waals surface area contributed by atoms with E-state index in [1.165, 1.54) is 5.56 Å². The Balaban J connectivity index is 2.21. The van der Waals surface area contributed by atoms with Crippen LogP contribution >= 0.6 is 11.6 Å². The predicted molar refractivity (Wildman–Crippen MR) is 80.7 cm³/mol. The Morgan fingerprint density at radius 3 is 2.47 bits per heavy atom. The van der Waals surface area contributed by atoms with Gasteiger partial charge < -0.3 is 0 Å². The third kappa shape index (κ3) is 3.33. The van der Waals surface area contributed by atoms with Gasteiger partial charge in [0.15, 0.2) is 5.78 Å². The summed E-state index contributed by atoms with van der Waals surface area (Å²) in [5, 5.41) is 0.645. The Hall–Kier alpha value is -1.86. The van der Waals surface area contributed by atoms with Crippen LogP contribution in [0.4, 0.5) is 0 Å². The molecule has 0 amide bonds. The molecule has 0 N–H and O–H groups in total. The van der Waals surface area contributed by atoms with Crippen LogP contribution in [0.2, 0.25) is 5.02 Å². The number of benzene rings is 2. The van der Waals surface area contributed by atoms with E-state index in [4.69, 9.17) is 11.6 Å². The number of carbonyl (C=O) groups excluding carboxylic acids is 1. The Kier molecular flexibility index (Phi) is 4.18. The van der Waals surface area contributed by atoms with Crippen LogP contribution in [-0.2, 0) is 0 Å². The lowest BCUT2D eigenvalue weighted by Crippen LogP contribution is -1.95. The number of carbonyl (C=O) groups is 1. The summed E-state index contributed by atoms with van der Waals surface area (Å²) in [6, 6.07) is 13.2. The molecule has 96 valence electrons. The van der Waals surface area contributed by atoms with E-state index in [0.29, 0.717) is 10.6 Å². The summed E-state index contributed by atoms with van der Waals surface area (Å²) in [6.45, 7) is 4.03. The highest BCUT2D eigenvalue weighted by atomic mass is 35.5. The molecule has 0 aromatic heterocycles. The lowest BCUT2D eigenvalue weighted by molar-refractivity contribution is 0.104. The van der Waals surface area contributed by atoms with Gasteiger partial charge in [-0.2, -0.15) is 0 Å². The molecule has 19 heavy (non-hydrogen) atoms. The van der Waals surface area contributed by atoms with Gasteiger partial charge in [0, 0.05) is 10.6 Å². The average molecular weight is 271 g/mol. The summed E-state index contributed by atoms with van der Waals surface area (Å²) < 4.78 is 0. The monoisotopic (exact) mass is 270 g/mol. The minimum absolute atomic E-state index is 0.0111. The molecular weight excluding hydrogens is 256 g/mol. The highest BCUT2D eigenvalue weighted by Gasteiger charge is 2.03. The largest absolute Gasteiger partial charge is 0.289 e. The number of hydrogen-bond donors (Lipinski definition) is 0. The molecule has 0 saturated heterocycles. The molecule has 0 spiro atoms. The third-order valence-electron chi connectivity index (χ3n) is 3.11. The standard InChI is InChI=1S/C17H15ClO/c1-12-7-8-15(11-13(12)2)17(19)10-9-14-5-3-4-6-16(14)18/h3-11H,1-2H3. The van der Waals surface area contributed by atoms with Crippen LogP contribution in [0.15, 0.2) is 48.5 Å². The summed E-state index contributed by atoms with van der Waals surface area (Å²) in [5.41, 5.74) is 3.86. The Morgan fingerprint density at radius 2 is 1.79 bits per heavy atom. The molecule has 1 nitrogen and oxygen atoms in total. The smallest absolute Gasteiger partial charge is 0.185 e. The first-order valence-electron chi connectivity index (χ1n) is 6.12. The second-order valence-electron chi connectivity index (χ2n) is 4.52. The summed E-state index contributed by atoms with van der Waals surface area (Å²) in [6.07, 6.45) is 3.31. The second-order valence-corrected chi connectivity index (χ2v) is 4.93. The fourth-order valence-corrected chi connectivity index (χ4v) is 1.97. The number of aryl methyl sites for hydroxylation is 2. The second kappa shape index (κ2) is 5.85. The lowest BCUT2D eigenvalue weighted by atomic mass is 10.0. The van der Waals surface area contributed by atoms with E-state index in [2.05, 4.69) is 0 Å². The van der Waals surface area contributed by atoms with E-state index in [0.717, 1.165) is 11.1 Å². The highest BCUT2D eigenvalue weighted by molar-refractivity contribution is 6.32. The minimum Gasteiger partial charge on any atom is -0.289 e. The van der Waals surface area contributed by atoms with Gasteiger partial charge in [-0.1, -0.05) is 41.9 Å². The maximum atomic E-state index is 12.1. The fourth-order valence-electron chi connectivity index (χ4n) is 1.77. The van der Waals surface area contributed by atoms with Gasteiger partial charge in [0.1, 0.15) is 0 Å². The van der Waals surface area contributed by atoms with E-state index in [1.54, 1.807) is 12.2 Å². The first-order valence-corrected chi connectivity index (χ1v) is 6.50. The number of allylic oxidation sites excluding steroid dienone is 1. The first-order chi connectivity index (χ1) is 9.08. The molecule has 0 saturated carbocycles. The molecule has 0 radical (unpaired) electrons. The first kappa shape index (κ1) is 13.6. The Labute approximate surface area is 118 Å². The molecule has 0 bridgehead atoms. The zero-order valence-corrected chi connectivity index (χ0v) is 11.7. The van der Waals surface area contributed by atoms with Crippen molar-refractivity contribution in [2.45, 2.75) is 13.8 Å². The molecule has 0 unspecified atom stereocenters. The molecule has 0 aliphatic carbocycles.